The zero-order valence-electron chi connectivity index (χ0n) is 14.5. The Kier molecular flexibility index (Phi) is 5.49. The SMILES string of the molecule is CCCCCCCc1cc(O)c2c(-c3ccncc3)cc(=O)oc2c1. The van der Waals surface area contributed by atoms with Crippen LogP contribution in [0.25, 0.3) is 22.1 Å². The van der Waals surface area contributed by atoms with E-state index >= 15 is 0 Å². The van der Waals surface area contributed by atoms with Crippen molar-refractivity contribution < 1.29 is 9.52 Å². The highest BCUT2D eigenvalue weighted by Gasteiger charge is 2.13. The van der Waals surface area contributed by atoms with Crippen molar-refractivity contribution in [1.29, 1.82) is 0 Å². The van der Waals surface area contributed by atoms with Gasteiger partial charge in [0.25, 0.3) is 0 Å². The first-order chi connectivity index (χ1) is 12.2. The van der Waals surface area contributed by atoms with E-state index in [0.29, 0.717) is 16.5 Å². The Morgan fingerprint density at radius 1 is 1.04 bits per heavy atom. The van der Waals surface area contributed by atoms with Gasteiger partial charge < -0.3 is 9.52 Å². The van der Waals surface area contributed by atoms with Gasteiger partial charge in [-0.05, 0) is 48.2 Å². The number of rotatable bonds is 7. The summed E-state index contributed by atoms with van der Waals surface area (Å²) in [5, 5.41) is 11.1. The summed E-state index contributed by atoms with van der Waals surface area (Å²) >= 11 is 0. The van der Waals surface area contributed by atoms with Crippen LogP contribution in [0.4, 0.5) is 0 Å². The first-order valence-electron chi connectivity index (χ1n) is 8.89. The Labute approximate surface area is 147 Å². The zero-order valence-corrected chi connectivity index (χ0v) is 14.5. The van der Waals surface area contributed by atoms with E-state index in [2.05, 4.69) is 11.9 Å². The highest BCUT2D eigenvalue weighted by atomic mass is 16.4. The molecule has 2 aromatic heterocycles. The molecule has 0 spiro atoms. The molecular weight excluding hydrogens is 314 g/mol. The van der Waals surface area contributed by atoms with Crippen molar-refractivity contribution in [2.75, 3.05) is 0 Å². The fourth-order valence-corrected chi connectivity index (χ4v) is 3.17. The molecular formula is C21H23NO3. The van der Waals surface area contributed by atoms with Crippen LogP contribution in [0.5, 0.6) is 5.75 Å². The second kappa shape index (κ2) is 7.97. The molecule has 0 bridgehead atoms. The van der Waals surface area contributed by atoms with Crippen LogP contribution < -0.4 is 5.63 Å². The molecule has 0 radical (unpaired) electrons. The molecule has 3 aromatic rings. The van der Waals surface area contributed by atoms with Gasteiger partial charge in [0, 0.05) is 24.0 Å². The van der Waals surface area contributed by atoms with E-state index in [1.54, 1.807) is 18.5 Å². The van der Waals surface area contributed by atoms with E-state index in [1.807, 2.05) is 18.2 Å². The fourth-order valence-electron chi connectivity index (χ4n) is 3.17. The molecule has 0 amide bonds. The lowest BCUT2D eigenvalue weighted by molar-refractivity contribution is 0.478. The monoisotopic (exact) mass is 337 g/mol. The summed E-state index contributed by atoms with van der Waals surface area (Å²) in [6, 6.07) is 8.71. The maximum atomic E-state index is 12.0. The second-order valence-corrected chi connectivity index (χ2v) is 6.37. The molecule has 4 heteroatoms. The third-order valence-electron chi connectivity index (χ3n) is 4.44. The van der Waals surface area contributed by atoms with Crippen molar-refractivity contribution in [3.8, 4) is 16.9 Å². The Bertz CT molecular complexity index is 900. The Morgan fingerprint density at radius 3 is 2.56 bits per heavy atom. The molecule has 0 saturated heterocycles. The highest BCUT2D eigenvalue weighted by molar-refractivity contribution is 5.97. The lowest BCUT2D eigenvalue weighted by Gasteiger charge is -2.10. The predicted molar refractivity (Wildman–Crippen MR) is 99.8 cm³/mol. The third-order valence-corrected chi connectivity index (χ3v) is 4.44. The van der Waals surface area contributed by atoms with Crippen LogP contribution in [-0.2, 0) is 6.42 Å². The van der Waals surface area contributed by atoms with Crippen LogP contribution in [0.15, 0.2) is 51.9 Å². The number of phenolic OH excluding ortho intramolecular Hbond substituents is 1. The zero-order chi connectivity index (χ0) is 17.6. The number of unbranched alkanes of at least 4 members (excludes halogenated alkanes) is 4. The first-order valence-corrected chi connectivity index (χ1v) is 8.89. The minimum Gasteiger partial charge on any atom is -0.507 e. The second-order valence-electron chi connectivity index (χ2n) is 6.37. The summed E-state index contributed by atoms with van der Waals surface area (Å²) in [4.78, 5) is 16.0. The molecule has 3 rings (SSSR count). The van der Waals surface area contributed by atoms with Crippen LogP contribution in [-0.4, -0.2) is 10.1 Å². The summed E-state index contributed by atoms with van der Waals surface area (Å²) in [5.74, 6) is 0.150. The van der Waals surface area contributed by atoms with Gasteiger partial charge >= 0.3 is 5.63 Å². The lowest BCUT2D eigenvalue weighted by Crippen LogP contribution is -1.99. The fraction of sp³-hybridized carbons (Fsp3) is 0.333. The Hall–Kier alpha value is -2.62. The van der Waals surface area contributed by atoms with Crippen LogP contribution in [0.1, 0.15) is 44.6 Å². The minimum atomic E-state index is -0.418. The molecule has 0 aliphatic heterocycles. The van der Waals surface area contributed by atoms with Crippen molar-refractivity contribution >= 4 is 11.0 Å². The molecule has 2 heterocycles. The molecule has 1 N–H and O–H groups in total. The summed E-state index contributed by atoms with van der Waals surface area (Å²) in [7, 11) is 0. The quantitative estimate of drug-likeness (QED) is 0.483. The molecule has 1 aromatic carbocycles. The van der Waals surface area contributed by atoms with Crippen LogP contribution in [0.2, 0.25) is 0 Å². The van der Waals surface area contributed by atoms with E-state index in [-0.39, 0.29) is 5.75 Å². The molecule has 0 saturated carbocycles. The normalized spacial score (nSPS) is 11.1. The summed E-state index contributed by atoms with van der Waals surface area (Å²) < 4.78 is 5.36. The van der Waals surface area contributed by atoms with Crippen LogP contribution >= 0.6 is 0 Å². The van der Waals surface area contributed by atoms with E-state index in [9.17, 15) is 9.90 Å². The minimum absolute atomic E-state index is 0.150. The third kappa shape index (κ3) is 4.08. The van der Waals surface area contributed by atoms with Crippen LogP contribution in [0, 0.1) is 0 Å². The number of hydrogen-bond acceptors (Lipinski definition) is 4. The molecule has 0 fully saturated rings. The number of fused-ring (bicyclic) bond motifs is 1. The van der Waals surface area contributed by atoms with Gasteiger partial charge in [0.05, 0.1) is 5.39 Å². The number of pyridine rings is 1. The van der Waals surface area contributed by atoms with Crippen molar-refractivity contribution in [2.45, 2.75) is 45.4 Å². The predicted octanol–water partition coefficient (Wildman–Crippen LogP) is 5.07. The molecule has 130 valence electrons. The number of phenols is 1. The molecule has 0 atom stereocenters. The number of aromatic hydroxyl groups is 1. The number of nitrogens with zero attached hydrogens (tertiary/aromatic N) is 1. The number of aromatic nitrogens is 1. The average molecular weight is 337 g/mol. The molecule has 0 aliphatic rings. The Morgan fingerprint density at radius 2 is 1.80 bits per heavy atom. The largest absolute Gasteiger partial charge is 0.507 e. The van der Waals surface area contributed by atoms with E-state index in [4.69, 9.17) is 4.42 Å². The van der Waals surface area contributed by atoms with Gasteiger partial charge in [-0.2, -0.15) is 0 Å². The maximum absolute atomic E-state index is 12.0. The van der Waals surface area contributed by atoms with Gasteiger partial charge in [0.15, 0.2) is 0 Å². The molecule has 0 aliphatic carbocycles. The molecule has 25 heavy (non-hydrogen) atoms. The molecule has 0 unspecified atom stereocenters. The van der Waals surface area contributed by atoms with Gasteiger partial charge in [0.2, 0.25) is 0 Å². The average Bonchev–Trinajstić information content (AvgIpc) is 2.61. The highest BCUT2D eigenvalue weighted by Crippen LogP contribution is 2.34. The van der Waals surface area contributed by atoms with Gasteiger partial charge in [0.1, 0.15) is 11.3 Å². The van der Waals surface area contributed by atoms with Crippen molar-refractivity contribution in [2.24, 2.45) is 0 Å². The van der Waals surface area contributed by atoms with E-state index < -0.39 is 5.63 Å². The number of hydrogen-bond donors (Lipinski definition) is 1. The molecule has 4 nitrogen and oxygen atoms in total. The van der Waals surface area contributed by atoms with E-state index in [1.165, 1.54) is 31.7 Å². The topological polar surface area (TPSA) is 63.3 Å². The summed E-state index contributed by atoms with van der Waals surface area (Å²) in [6.45, 7) is 2.20. The maximum Gasteiger partial charge on any atom is 0.336 e. The van der Waals surface area contributed by atoms with Gasteiger partial charge in [-0.25, -0.2) is 4.79 Å². The smallest absolute Gasteiger partial charge is 0.336 e. The standard InChI is InChI=1S/C21H23NO3/c1-2-3-4-5-6-7-15-12-18(23)21-17(16-8-10-22-11-9-16)14-20(24)25-19(21)13-15/h8-14,23H,2-7H2,1H3. The van der Waals surface area contributed by atoms with Gasteiger partial charge in [-0.1, -0.05) is 32.6 Å². The van der Waals surface area contributed by atoms with Crippen molar-refractivity contribution in [3.63, 3.8) is 0 Å². The van der Waals surface area contributed by atoms with Gasteiger partial charge in [-0.15, -0.1) is 0 Å². The summed E-state index contributed by atoms with van der Waals surface area (Å²) in [5.41, 5.74) is 2.51. The lowest BCUT2D eigenvalue weighted by atomic mass is 9.99. The first kappa shape index (κ1) is 17.2. The Balaban J connectivity index is 1.95. The summed E-state index contributed by atoms with van der Waals surface area (Å²) in [6.07, 6.45) is 10.2. The van der Waals surface area contributed by atoms with E-state index in [0.717, 1.165) is 24.0 Å². The van der Waals surface area contributed by atoms with Crippen molar-refractivity contribution in [1.82, 2.24) is 4.98 Å². The van der Waals surface area contributed by atoms with Gasteiger partial charge in [-0.3, -0.25) is 4.98 Å². The number of benzene rings is 1. The number of aryl methyl sites for hydroxylation is 1. The van der Waals surface area contributed by atoms with Crippen LogP contribution in [0.3, 0.4) is 0 Å². The van der Waals surface area contributed by atoms with Crippen molar-refractivity contribution in [3.05, 3.63) is 58.7 Å².